The number of ether oxygens (including phenoxy) is 2. The molecule has 0 saturated carbocycles. The smallest absolute Gasteiger partial charge is 0.313 e. The van der Waals surface area contributed by atoms with Crippen LogP contribution in [0.1, 0.15) is 83.3 Å². The first kappa shape index (κ1) is 38.8. The molecule has 3 fully saturated rings. The van der Waals surface area contributed by atoms with Crippen LogP contribution in [0.2, 0.25) is 0 Å². The number of benzene rings is 1. The summed E-state index contributed by atoms with van der Waals surface area (Å²) in [6, 6.07) is 7.89. The maximum Gasteiger partial charge on any atom is 0.313 e. The molecule has 1 spiro atoms. The van der Waals surface area contributed by atoms with Gasteiger partial charge in [0.2, 0.25) is 17.7 Å². The molecule has 0 aliphatic carbocycles. The van der Waals surface area contributed by atoms with Crippen LogP contribution in [0.25, 0.3) is 0 Å². The van der Waals surface area contributed by atoms with Crippen molar-refractivity contribution in [2.75, 3.05) is 33.3 Å². The Kier molecular flexibility index (Phi) is 14.1. The number of unbranched alkanes of at least 4 members (excludes halogenated alkanes) is 4. The number of rotatable bonds is 20. The van der Waals surface area contributed by atoms with Gasteiger partial charge in [-0.2, -0.15) is 0 Å². The van der Waals surface area contributed by atoms with E-state index in [-0.39, 0.29) is 35.6 Å². The number of fused-ring (bicyclic) bond motifs is 1. The molecule has 0 aromatic heterocycles. The zero-order valence-electron chi connectivity index (χ0n) is 29.3. The number of amides is 3. The molecule has 1 aromatic rings. The maximum atomic E-state index is 14.5. The Morgan fingerprint density at radius 3 is 2.53 bits per heavy atom. The van der Waals surface area contributed by atoms with Gasteiger partial charge in [0.15, 0.2) is 0 Å². The van der Waals surface area contributed by atoms with E-state index in [1.165, 1.54) is 0 Å². The normalized spacial score (nSPS) is 26.6. The average molecular weight is 745 g/mol. The number of aliphatic hydroxyl groups excluding tert-OH is 1. The highest BCUT2D eigenvalue weighted by atomic mass is 79.9. The zero-order chi connectivity index (χ0) is 35.7. The van der Waals surface area contributed by atoms with E-state index >= 15 is 0 Å². The molecule has 8 atom stereocenters. The van der Waals surface area contributed by atoms with E-state index in [1.807, 2.05) is 37.3 Å². The fourth-order valence-corrected chi connectivity index (χ4v) is 8.73. The van der Waals surface area contributed by atoms with Gasteiger partial charge in [-0.3, -0.25) is 19.2 Å². The SMILES string of the molecule is C=CCCC(=O)N(C)[C@@H](C)[C@@H](OC(=O)[C@H]1[C@@H]2O[C@@]3(CC2Br)[C@@H]1C(=O)N(CCCCCO)[C@@H]3C(=O)N(CC=C)CCCCC)c1ccccc1. The second kappa shape index (κ2) is 17.8. The van der Waals surface area contributed by atoms with Gasteiger partial charge >= 0.3 is 5.97 Å². The van der Waals surface area contributed by atoms with Gasteiger partial charge in [-0.15, -0.1) is 13.2 Å². The Bertz CT molecular complexity index is 1330. The molecule has 3 heterocycles. The minimum atomic E-state index is -1.21. The molecule has 1 N–H and O–H groups in total. The minimum Gasteiger partial charge on any atom is -0.455 e. The summed E-state index contributed by atoms with van der Waals surface area (Å²) in [6.07, 6.45) is 7.83. The van der Waals surface area contributed by atoms with Crippen molar-refractivity contribution in [2.24, 2.45) is 11.8 Å². The standard InChI is InChI=1S/C38H54BrN3O7/c1-6-9-15-22-41(21-8-3)36(46)34-38-25-28(39)33(49-38)30(31(38)35(45)42(34)23-16-12-17-24-43)37(47)48-32(27-18-13-11-14-19-27)26(4)40(5)29(44)20-10-7-2/h7-8,11,13-14,18-19,26,28,30-34,43H,2-3,6,9-10,12,15-17,20-25H2,1,4-5H3/t26-,28?,30+,31-,32+,33+,34+,38-/m0/s1. The number of esters is 1. The minimum absolute atomic E-state index is 0.0490. The lowest BCUT2D eigenvalue weighted by molar-refractivity contribution is -0.164. The summed E-state index contributed by atoms with van der Waals surface area (Å²) in [6.45, 7) is 12.8. The monoisotopic (exact) mass is 743 g/mol. The average Bonchev–Trinajstić information content (AvgIpc) is 3.70. The molecule has 49 heavy (non-hydrogen) atoms. The lowest BCUT2D eigenvalue weighted by atomic mass is 9.70. The number of halogens is 1. The largest absolute Gasteiger partial charge is 0.455 e. The second-order valence-electron chi connectivity index (χ2n) is 13.6. The van der Waals surface area contributed by atoms with Crippen molar-refractivity contribution in [3.63, 3.8) is 0 Å². The fraction of sp³-hybridized carbons (Fsp3) is 0.632. The number of carbonyl (C=O) groups is 4. The van der Waals surface area contributed by atoms with Crippen LogP contribution in [0.15, 0.2) is 55.6 Å². The van der Waals surface area contributed by atoms with Crippen molar-refractivity contribution < 1.29 is 33.8 Å². The number of aliphatic hydroxyl groups is 1. The van der Waals surface area contributed by atoms with Gasteiger partial charge in [0.25, 0.3) is 0 Å². The number of likely N-dealkylation sites (N-methyl/N-ethyl adjacent to an activating group) is 1. The third-order valence-corrected chi connectivity index (χ3v) is 11.3. The molecular formula is C38H54BrN3O7. The van der Waals surface area contributed by atoms with Crippen molar-refractivity contribution in [1.29, 1.82) is 0 Å². The van der Waals surface area contributed by atoms with Gasteiger partial charge in [-0.25, -0.2) is 0 Å². The van der Waals surface area contributed by atoms with Gasteiger partial charge in [-0.1, -0.05) is 78.2 Å². The fourth-order valence-electron chi connectivity index (χ4n) is 7.79. The summed E-state index contributed by atoms with van der Waals surface area (Å²) in [5, 5.41) is 9.37. The number of alkyl halides is 1. The van der Waals surface area contributed by atoms with Crippen LogP contribution >= 0.6 is 15.9 Å². The summed E-state index contributed by atoms with van der Waals surface area (Å²) >= 11 is 3.76. The maximum absolute atomic E-state index is 14.5. The first-order chi connectivity index (χ1) is 23.6. The van der Waals surface area contributed by atoms with Gasteiger partial charge in [0, 0.05) is 44.5 Å². The lowest BCUT2D eigenvalue weighted by Gasteiger charge is -2.37. The molecule has 3 aliphatic rings. The Labute approximate surface area is 300 Å². The first-order valence-electron chi connectivity index (χ1n) is 17.8. The van der Waals surface area contributed by atoms with Gasteiger partial charge in [-0.05, 0) is 51.0 Å². The molecule has 10 nitrogen and oxygen atoms in total. The van der Waals surface area contributed by atoms with Crippen molar-refractivity contribution in [3.05, 3.63) is 61.2 Å². The number of nitrogens with zero attached hydrogens (tertiary/aromatic N) is 3. The molecule has 3 aliphatic heterocycles. The van der Waals surface area contributed by atoms with E-state index in [9.17, 15) is 24.3 Å². The van der Waals surface area contributed by atoms with Crippen molar-refractivity contribution in [3.8, 4) is 0 Å². The van der Waals surface area contributed by atoms with E-state index in [2.05, 4.69) is 36.0 Å². The molecule has 0 radical (unpaired) electrons. The molecule has 4 rings (SSSR count). The second-order valence-corrected chi connectivity index (χ2v) is 14.8. The highest BCUT2D eigenvalue weighted by Gasteiger charge is 2.77. The highest BCUT2D eigenvalue weighted by molar-refractivity contribution is 9.09. The Morgan fingerprint density at radius 1 is 1.14 bits per heavy atom. The highest BCUT2D eigenvalue weighted by Crippen LogP contribution is 2.60. The molecule has 2 bridgehead atoms. The summed E-state index contributed by atoms with van der Waals surface area (Å²) in [7, 11) is 1.70. The summed E-state index contributed by atoms with van der Waals surface area (Å²) in [4.78, 5) is 61.2. The van der Waals surface area contributed by atoms with Crippen molar-refractivity contribution in [2.45, 2.75) is 106 Å². The number of hydrogen-bond donors (Lipinski definition) is 1. The molecular weight excluding hydrogens is 690 g/mol. The predicted molar refractivity (Wildman–Crippen MR) is 192 cm³/mol. The van der Waals surface area contributed by atoms with E-state index in [0.717, 1.165) is 24.8 Å². The van der Waals surface area contributed by atoms with E-state index in [1.54, 1.807) is 33.9 Å². The molecule has 3 amide bonds. The lowest BCUT2D eigenvalue weighted by Crippen LogP contribution is -2.57. The van der Waals surface area contributed by atoms with Crippen LogP contribution in [0.3, 0.4) is 0 Å². The Balaban J connectivity index is 1.68. The van der Waals surface area contributed by atoms with E-state index in [0.29, 0.717) is 51.7 Å². The number of hydrogen-bond acceptors (Lipinski definition) is 7. The van der Waals surface area contributed by atoms with Crippen LogP contribution < -0.4 is 0 Å². The first-order valence-corrected chi connectivity index (χ1v) is 18.7. The molecule has 3 saturated heterocycles. The Hall–Kier alpha value is -3.02. The van der Waals surface area contributed by atoms with E-state index < -0.39 is 47.7 Å². The topological polar surface area (TPSA) is 117 Å². The summed E-state index contributed by atoms with van der Waals surface area (Å²) in [5.41, 5.74) is -0.479. The Morgan fingerprint density at radius 2 is 1.88 bits per heavy atom. The number of allylic oxidation sites excluding steroid dienone is 1. The van der Waals surface area contributed by atoms with Gasteiger partial charge < -0.3 is 29.3 Å². The van der Waals surface area contributed by atoms with Crippen molar-refractivity contribution >= 4 is 39.6 Å². The van der Waals surface area contributed by atoms with Crippen LogP contribution in [-0.4, -0.2) is 105 Å². The van der Waals surface area contributed by atoms with E-state index in [4.69, 9.17) is 9.47 Å². The molecule has 1 aromatic carbocycles. The van der Waals surface area contributed by atoms with Crippen LogP contribution in [0.5, 0.6) is 0 Å². The number of carbonyl (C=O) groups excluding carboxylic acids is 4. The molecule has 11 heteroatoms. The van der Waals surface area contributed by atoms with Gasteiger partial charge in [0.1, 0.15) is 17.7 Å². The predicted octanol–water partition coefficient (Wildman–Crippen LogP) is 5.20. The van der Waals surface area contributed by atoms with Crippen LogP contribution in [0, 0.1) is 11.8 Å². The van der Waals surface area contributed by atoms with Gasteiger partial charge in [0.05, 0.1) is 24.0 Å². The summed E-state index contributed by atoms with van der Waals surface area (Å²) < 4.78 is 13.1. The quantitative estimate of drug-likeness (QED) is 0.0845. The number of likely N-dealkylation sites (tertiary alicyclic amines) is 1. The zero-order valence-corrected chi connectivity index (χ0v) is 30.9. The van der Waals surface area contributed by atoms with Crippen LogP contribution in [-0.2, 0) is 28.7 Å². The molecule has 270 valence electrons. The third-order valence-electron chi connectivity index (χ3n) is 10.4. The van der Waals surface area contributed by atoms with Crippen LogP contribution in [0.4, 0.5) is 0 Å². The summed E-state index contributed by atoms with van der Waals surface area (Å²) in [5.74, 6) is -3.00. The van der Waals surface area contributed by atoms with Crippen molar-refractivity contribution in [1.82, 2.24) is 14.7 Å². The third kappa shape index (κ3) is 8.15. The molecule has 1 unspecified atom stereocenters.